The fourth-order valence-corrected chi connectivity index (χ4v) is 5.08. The number of amides is 1. The highest BCUT2D eigenvalue weighted by Gasteiger charge is 2.38. The molecule has 194 valence electrons. The number of hydrogen-bond acceptors (Lipinski definition) is 5. The van der Waals surface area contributed by atoms with Gasteiger partial charge in [0, 0.05) is 32.2 Å². The summed E-state index contributed by atoms with van der Waals surface area (Å²) in [6, 6.07) is 10.6. The predicted molar refractivity (Wildman–Crippen MR) is 139 cm³/mol. The summed E-state index contributed by atoms with van der Waals surface area (Å²) >= 11 is 0. The van der Waals surface area contributed by atoms with E-state index < -0.39 is 11.6 Å². The number of nitriles is 1. The van der Waals surface area contributed by atoms with E-state index in [1.807, 2.05) is 6.07 Å². The molecule has 0 bridgehead atoms. The van der Waals surface area contributed by atoms with Gasteiger partial charge in [-0.05, 0) is 73.5 Å². The van der Waals surface area contributed by atoms with Crippen molar-refractivity contribution in [2.75, 3.05) is 40.3 Å². The Morgan fingerprint density at radius 2 is 1.86 bits per heavy atom. The maximum absolute atomic E-state index is 14.7. The molecule has 0 aromatic heterocycles. The third kappa shape index (κ3) is 5.49. The van der Waals surface area contributed by atoms with E-state index in [1.165, 1.54) is 36.3 Å². The van der Waals surface area contributed by atoms with Gasteiger partial charge >= 0.3 is 0 Å². The fourth-order valence-electron chi connectivity index (χ4n) is 5.08. The Balaban J connectivity index is 1.82. The largest absolute Gasteiger partial charge is 0.494 e. The molecule has 1 spiro atoms. The lowest BCUT2D eigenvalue weighted by atomic mass is 9.78. The standard InChI is InChI=1S/C28H31F2N5O2/c1-19(20-6-7-25(37-3)24(30)14-20)26(21-4-5-22(16-31)23(29)15-21)33-27(34(2)18-36)35-12-9-28(10-13-35)8-11-32-17-28/h4-7,14-15,18,32H,8-13,17H2,1-3H3/b26-19+,33-27?. The molecule has 0 unspecified atom stereocenters. The van der Waals surface area contributed by atoms with E-state index in [9.17, 15) is 18.8 Å². The molecule has 9 heteroatoms. The van der Waals surface area contributed by atoms with Crippen molar-refractivity contribution >= 4 is 23.6 Å². The van der Waals surface area contributed by atoms with Crippen molar-refractivity contribution in [2.45, 2.75) is 26.2 Å². The predicted octanol–water partition coefficient (Wildman–Crippen LogP) is 4.25. The molecule has 0 atom stereocenters. The lowest BCUT2D eigenvalue weighted by molar-refractivity contribution is -0.114. The van der Waals surface area contributed by atoms with Gasteiger partial charge in [-0.15, -0.1) is 0 Å². The van der Waals surface area contributed by atoms with E-state index in [-0.39, 0.29) is 16.7 Å². The molecule has 2 heterocycles. The van der Waals surface area contributed by atoms with E-state index in [1.54, 1.807) is 26.1 Å². The van der Waals surface area contributed by atoms with E-state index in [2.05, 4.69) is 10.2 Å². The van der Waals surface area contributed by atoms with Crippen LogP contribution in [-0.2, 0) is 4.79 Å². The first kappa shape index (κ1) is 26.3. The first-order valence-electron chi connectivity index (χ1n) is 12.3. The van der Waals surface area contributed by atoms with Gasteiger partial charge in [0.25, 0.3) is 0 Å². The summed E-state index contributed by atoms with van der Waals surface area (Å²) in [6.07, 6.45) is 3.77. The van der Waals surface area contributed by atoms with Gasteiger partial charge in [0.2, 0.25) is 12.4 Å². The smallest absolute Gasteiger partial charge is 0.216 e. The second-order valence-corrected chi connectivity index (χ2v) is 9.67. The number of piperidine rings is 1. The molecule has 2 aromatic rings. The Morgan fingerprint density at radius 1 is 1.16 bits per heavy atom. The first-order chi connectivity index (χ1) is 17.8. The van der Waals surface area contributed by atoms with Crippen molar-refractivity contribution < 1.29 is 18.3 Å². The summed E-state index contributed by atoms with van der Waals surface area (Å²) in [5.41, 5.74) is 2.08. The number of guanidine groups is 1. The second-order valence-electron chi connectivity index (χ2n) is 9.67. The summed E-state index contributed by atoms with van der Waals surface area (Å²) < 4.78 is 34.3. The Morgan fingerprint density at radius 3 is 2.43 bits per heavy atom. The zero-order chi connectivity index (χ0) is 26.6. The van der Waals surface area contributed by atoms with Crippen molar-refractivity contribution in [3.63, 3.8) is 0 Å². The average molecular weight is 508 g/mol. The Bertz CT molecular complexity index is 1270. The van der Waals surface area contributed by atoms with Crippen molar-refractivity contribution in [3.8, 4) is 11.8 Å². The SMILES string of the molecule is COc1ccc(/C(C)=C(/N=C(N(C)C=O)N2CCC3(CCNC3)CC2)c2ccc(C#N)c(F)c2)cc1F. The van der Waals surface area contributed by atoms with Crippen LogP contribution in [0.15, 0.2) is 41.4 Å². The molecule has 7 nitrogen and oxygen atoms in total. The molecule has 2 aliphatic rings. The maximum Gasteiger partial charge on any atom is 0.216 e. The number of nitrogens with zero attached hydrogens (tertiary/aromatic N) is 4. The fraction of sp³-hybridized carbons (Fsp3) is 0.393. The number of benzene rings is 2. The molecule has 2 aromatic carbocycles. The summed E-state index contributed by atoms with van der Waals surface area (Å²) in [5.74, 6) is -0.675. The minimum Gasteiger partial charge on any atom is -0.494 e. The van der Waals surface area contributed by atoms with E-state index in [4.69, 9.17) is 9.73 Å². The van der Waals surface area contributed by atoms with E-state index in [0.717, 1.165) is 45.4 Å². The minimum absolute atomic E-state index is 0.0861. The third-order valence-corrected chi connectivity index (χ3v) is 7.43. The van der Waals surface area contributed by atoms with Gasteiger partial charge in [0.15, 0.2) is 11.6 Å². The molecule has 2 fully saturated rings. The number of aliphatic imine (C=N–C) groups is 1. The van der Waals surface area contributed by atoms with Crippen molar-refractivity contribution in [3.05, 3.63) is 64.7 Å². The van der Waals surface area contributed by atoms with Gasteiger partial charge in [-0.2, -0.15) is 5.26 Å². The molecule has 4 rings (SSSR count). The van der Waals surface area contributed by atoms with Crippen LogP contribution in [0.2, 0.25) is 0 Å². The number of allylic oxidation sites excluding steroid dienone is 1. The topological polar surface area (TPSA) is 81.0 Å². The third-order valence-electron chi connectivity index (χ3n) is 7.43. The minimum atomic E-state index is -0.680. The quantitative estimate of drug-likeness (QED) is 0.283. The number of carbonyl (C=O) groups excluding carboxylic acids is 1. The molecule has 0 radical (unpaired) electrons. The Hall–Kier alpha value is -3.77. The van der Waals surface area contributed by atoms with Crippen LogP contribution in [0.25, 0.3) is 11.3 Å². The molecule has 1 N–H and O–H groups in total. The van der Waals surface area contributed by atoms with Crippen molar-refractivity contribution in [1.29, 1.82) is 5.26 Å². The summed E-state index contributed by atoms with van der Waals surface area (Å²) in [6.45, 7) is 5.23. The number of ether oxygens (including phenoxy) is 1. The zero-order valence-electron chi connectivity index (χ0n) is 21.4. The Kier molecular flexibility index (Phi) is 7.89. The van der Waals surface area contributed by atoms with Crippen LogP contribution < -0.4 is 10.1 Å². The van der Waals surface area contributed by atoms with Gasteiger partial charge in [-0.25, -0.2) is 13.8 Å². The van der Waals surface area contributed by atoms with Gasteiger partial charge in [-0.1, -0.05) is 12.1 Å². The van der Waals surface area contributed by atoms with Crippen LogP contribution in [0.5, 0.6) is 5.75 Å². The van der Waals surface area contributed by atoms with Crippen LogP contribution in [-0.4, -0.2) is 62.5 Å². The average Bonchev–Trinajstić information content (AvgIpc) is 3.37. The molecule has 2 saturated heterocycles. The molecule has 2 aliphatic heterocycles. The lowest BCUT2D eigenvalue weighted by Crippen LogP contribution is -2.49. The van der Waals surface area contributed by atoms with Crippen molar-refractivity contribution in [1.82, 2.24) is 15.1 Å². The molecule has 0 saturated carbocycles. The second kappa shape index (κ2) is 11.1. The van der Waals surface area contributed by atoms with E-state index in [0.29, 0.717) is 34.8 Å². The highest BCUT2D eigenvalue weighted by Crippen LogP contribution is 2.38. The van der Waals surface area contributed by atoms with Crippen LogP contribution >= 0.6 is 0 Å². The van der Waals surface area contributed by atoms with Gasteiger partial charge in [-0.3, -0.25) is 9.69 Å². The van der Waals surface area contributed by atoms with Crippen LogP contribution in [0.1, 0.15) is 42.9 Å². The Labute approximate surface area is 216 Å². The van der Waals surface area contributed by atoms with Crippen LogP contribution in [0.4, 0.5) is 8.78 Å². The number of likely N-dealkylation sites (tertiary alicyclic amines) is 1. The zero-order valence-corrected chi connectivity index (χ0v) is 21.4. The number of rotatable bonds is 5. The number of methoxy groups -OCH3 is 1. The molecular formula is C28H31F2N5O2. The van der Waals surface area contributed by atoms with Crippen molar-refractivity contribution in [2.24, 2.45) is 10.4 Å². The lowest BCUT2D eigenvalue weighted by Gasteiger charge is -2.41. The highest BCUT2D eigenvalue weighted by molar-refractivity contribution is 5.98. The monoisotopic (exact) mass is 507 g/mol. The van der Waals surface area contributed by atoms with Gasteiger partial charge < -0.3 is 15.0 Å². The summed E-state index contributed by atoms with van der Waals surface area (Å²) in [4.78, 5) is 20.3. The van der Waals surface area contributed by atoms with Gasteiger partial charge in [0.05, 0.1) is 18.4 Å². The molecule has 37 heavy (non-hydrogen) atoms. The highest BCUT2D eigenvalue weighted by atomic mass is 19.1. The maximum atomic E-state index is 14.7. The first-order valence-corrected chi connectivity index (χ1v) is 12.3. The van der Waals surface area contributed by atoms with Gasteiger partial charge in [0.1, 0.15) is 11.9 Å². The summed E-state index contributed by atoms with van der Waals surface area (Å²) in [7, 11) is 3.02. The summed E-state index contributed by atoms with van der Waals surface area (Å²) in [5, 5.41) is 12.6. The van der Waals surface area contributed by atoms with Crippen LogP contribution in [0, 0.1) is 28.4 Å². The molecule has 0 aliphatic carbocycles. The number of halogens is 2. The van der Waals surface area contributed by atoms with Crippen LogP contribution in [0.3, 0.4) is 0 Å². The number of nitrogens with one attached hydrogen (secondary N) is 1. The molecule has 1 amide bonds. The number of carbonyl (C=O) groups is 1. The van der Waals surface area contributed by atoms with E-state index >= 15 is 0 Å². The number of hydrogen-bond donors (Lipinski definition) is 1. The molecular weight excluding hydrogens is 476 g/mol. The normalized spacial score (nSPS) is 17.8.